The number of hydrogen-bond donors (Lipinski definition) is 2. The molecule has 0 aliphatic carbocycles. The molecule has 6 nitrogen and oxygen atoms in total. The molecule has 1 aliphatic heterocycles. The largest absolute Gasteiger partial charge is 0.370 e. The van der Waals surface area contributed by atoms with Gasteiger partial charge in [-0.3, -0.25) is 9.78 Å². The van der Waals surface area contributed by atoms with Gasteiger partial charge in [-0.2, -0.15) is 0 Å². The molecule has 1 fully saturated rings. The van der Waals surface area contributed by atoms with Crippen LogP contribution in [0.4, 0.5) is 5.69 Å². The first-order valence-electron chi connectivity index (χ1n) is 10.3. The van der Waals surface area contributed by atoms with Crippen molar-refractivity contribution in [2.45, 2.75) is 39.2 Å². The van der Waals surface area contributed by atoms with Crippen LogP contribution in [-0.4, -0.2) is 27.5 Å². The average molecular weight is 400 g/mol. The number of nitrogens with one attached hydrogen (secondary N) is 2. The highest BCUT2D eigenvalue weighted by atomic mass is 16.5. The van der Waals surface area contributed by atoms with E-state index in [-0.39, 0.29) is 18.4 Å². The first-order chi connectivity index (χ1) is 14.6. The Morgan fingerprint density at radius 1 is 1.17 bits per heavy atom. The minimum absolute atomic E-state index is 0.0433. The standard InChI is InChI=1S/C24H24N4O2/c1-14-17-6-3-4-7-19(17)25-15(2)18(14)13-23(29)26-16-9-10-20-21(12-16)28-24(27-20)22-8-5-11-30-22/h3-4,6-7,9-10,12,22H,5,8,11,13H2,1-2H3,(H,26,29)(H,27,28). The molecule has 1 saturated heterocycles. The molecule has 2 N–H and O–H groups in total. The number of rotatable bonds is 4. The van der Waals surface area contributed by atoms with Gasteiger partial charge in [0.05, 0.1) is 23.0 Å². The summed E-state index contributed by atoms with van der Waals surface area (Å²) in [4.78, 5) is 25.4. The molecule has 1 amide bonds. The minimum atomic E-state index is -0.0588. The number of aromatic nitrogens is 3. The molecule has 3 heterocycles. The zero-order valence-corrected chi connectivity index (χ0v) is 17.2. The van der Waals surface area contributed by atoms with Crippen LogP contribution in [0.15, 0.2) is 42.5 Å². The van der Waals surface area contributed by atoms with Crippen molar-refractivity contribution in [1.29, 1.82) is 0 Å². The Morgan fingerprint density at radius 2 is 2.03 bits per heavy atom. The van der Waals surface area contributed by atoms with E-state index in [1.54, 1.807) is 0 Å². The van der Waals surface area contributed by atoms with Crippen LogP contribution in [0.1, 0.15) is 41.6 Å². The molecule has 0 saturated carbocycles. The van der Waals surface area contributed by atoms with E-state index in [0.717, 1.165) is 69.7 Å². The molecule has 0 spiro atoms. The minimum Gasteiger partial charge on any atom is -0.370 e. The van der Waals surface area contributed by atoms with Crippen molar-refractivity contribution >= 4 is 33.5 Å². The van der Waals surface area contributed by atoms with Crippen LogP contribution in [0.3, 0.4) is 0 Å². The van der Waals surface area contributed by atoms with E-state index < -0.39 is 0 Å². The average Bonchev–Trinajstić information content (AvgIpc) is 3.40. The number of aromatic amines is 1. The van der Waals surface area contributed by atoms with Crippen LogP contribution < -0.4 is 5.32 Å². The van der Waals surface area contributed by atoms with Gasteiger partial charge >= 0.3 is 0 Å². The maximum atomic E-state index is 12.8. The van der Waals surface area contributed by atoms with Crippen molar-refractivity contribution in [2.24, 2.45) is 0 Å². The number of carbonyl (C=O) groups is 1. The molecule has 1 unspecified atom stereocenters. The van der Waals surface area contributed by atoms with Crippen molar-refractivity contribution in [3.8, 4) is 0 Å². The summed E-state index contributed by atoms with van der Waals surface area (Å²) in [6.45, 7) is 4.81. The third-order valence-corrected chi connectivity index (χ3v) is 5.84. The van der Waals surface area contributed by atoms with E-state index in [9.17, 15) is 4.79 Å². The molecular weight excluding hydrogens is 376 g/mol. The summed E-state index contributed by atoms with van der Waals surface area (Å²) < 4.78 is 5.71. The van der Waals surface area contributed by atoms with Crippen molar-refractivity contribution < 1.29 is 9.53 Å². The van der Waals surface area contributed by atoms with Gasteiger partial charge in [0.2, 0.25) is 5.91 Å². The Bertz CT molecular complexity index is 1260. The second-order valence-corrected chi connectivity index (χ2v) is 7.90. The Balaban J connectivity index is 1.36. The Labute approximate surface area is 174 Å². The van der Waals surface area contributed by atoms with Gasteiger partial charge in [0, 0.05) is 23.4 Å². The topological polar surface area (TPSA) is 79.9 Å². The number of hydrogen-bond acceptors (Lipinski definition) is 4. The van der Waals surface area contributed by atoms with Gasteiger partial charge in [-0.1, -0.05) is 18.2 Å². The fourth-order valence-corrected chi connectivity index (χ4v) is 4.25. The molecule has 0 radical (unpaired) electrons. The van der Waals surface area contributed by atoms with Crippen molar-refractivity contribution in [3.05, 3.63) is 65.1 Å². The summed E-state index contributed by atoms with van der Waals surface area (Å²) >= 11 is 0. The summed E-state index contributed by atoms with van der Waals surface area (Å²) in [5, 5.41) is 4.11. The van der Waals surface area contributed by atoms with E-state index in [4.69, 9.17) is 4.74 Å². The number of fused-ring (bicyclic) bond motifs is 2. The smallest absolute Gasteiger partial charge is 0.228 e. The second-order valence-electron chi connectivity index (χ2n) is 7.90. The predicted octanol–water partition coefficient (Wildman–Crippen LogP) is 4.76. The lowest BCUT2D eigenvalue weighted by Crippen LogP contribution is -2.16. The molecule has 2 aromatic heterocycles. The van der Waals surface area contributed by atoms with Gasteiger partial charge in [-0.25, -0.2) is 4.98 Å². The highest BCUT2D eigenvalue weighted by molar-refractivity contribution is 5.95. The number of pyridine rings is 1. The van der Waals surface area contributed by atoms with E-state index in [1.807, 2.05) is 43.3 Å². The van der Waals surface area contributed by atoms with Gasteiger partial charge in [0.1, 0.15) is 11.9 Å². The summed E-state index contributed by atoms with van der Waals surface area (Å²) in [7, 11) is 0. The first-order valence-corrected chi connectivity index (χ1v) is 10.3. The number of anilines is 1. The van der Waals surface area contributed by atoms with Crippen LogP contribution in [0.2, 0.25) is 0 Å². The third kappa shape index (κ3) is 3.44. The second kappa shape index (κ2) is 7.54. The number of amides is 1. The van der Waals surface area contributed by atoms with Gasteiger partial charge in [0.15, 0.2) is 0 Å². The fraction of sp³-hybridized carbons (Fsp3) is 0.292. The van der Waals surface area contributed by atoms with E-state index in [2.05, 4.69) is 33.3 Å². The highest BCUT2D eigenvalue weighted by Crippen LogP contribution is 2.29. The summed E-state index contributed by atoms with van der Waals surface area (Å²) in [5.74, 6) is 0.802. The number of imidazole rings is 1. The van der Waals surface area contributed by atoms with E-state index in [0.29, 0.717) is 0 Å². The quantitative estimate of drug-likeness (QED) is 0.518. The zero-order chi connectivity index (χ0) is 20.7. The summed E-state index contributed by atoms with van der Waals surface area (Å²) in [6.07, 6.45) is 2.38. The highest BCUT2D eigenvalue weighted by Gasteiger charge is 2.21. The van der Waals surface area contributed by atoms with Gasteiger partial charge in [-0.05, 0) is 62.1 Å². The van der Waals surface area contributed by atoms with Crippen LogP contribution in [0, 0.1) is 13.8 Å². The lowest BCUT2D eigenvalue weighted by Gasteiger charge is -2.12. The molecule has 2 aromatic carbocycles. The van der Waals surface area contributed by atoms with E-state index in [1.165, 1.54) is 0 Å². The Kier molecular flexibility index (Phi) is 4.71. The monoisotopic (exact) mass is 400 g/mol. The number of para-hydroxylation sites is 1. The molecule has 4 aromatic rings. The third-order valence-electron chi connectivity index (χ3n) is 5.84. The lowest BCUT2D eigenvalue weighted by atomic mass is 9.99. The maximum Gasteiger partial charge on any atom is 0.228 e. The molecular formula is C24H24N4O2. The van der Waals surface area contributed by atoms with Crippen LogP contribution in [0.5, 0.6) is 0 Å². The predicted molar refractivity (Wildman–Crippen MR) is 118 cm³/mol. The molecule has 1 aliphatic rings. The molecule has 1 atom stereocenters. The van der Waals surface area contributed by atoms with Gasteiger partial charge in [0.25, 0.3) is 0 Å². The number of ether oxygens (including phenoxy) is 1. The number of carbonyl (C=O) groups excluding carboxylic acids is 1. The fourth-order valence-electron chi connectivity index (χ4n) is 4.25. The SMILES string of the molecule is Cc1nc2ccccc2c(C)c1CC(=O)Nc1ccc2nc(C3CCCO3)[nH]c2c1. The molecule has 30 heavy (non-hydrogen) atoms. The van der Waals surface area contributed by atoms with E-state index >= 15 is 0 Å². The number of nitrogens with zero attached hydrogens (tertiary/aromatic N) is 2. The molecule has 5 rings (SSSR count). The van der Waals surface area contributed by atoms with Crippen molar-refractivity contribution in [3.63, 3.8) is 0 Å². The number of benzene rings is 2. The van der Waals surface area contributed by atoms with Crippen LogP contribution >= 0.6 is 0 Å². The summed E-state index contributed by atoms with van der Waals surface area (Å²) in [5.41, 5.74) is 6.48. The van der Waals surface area contributed by atoms with Crippen LogP contribution in [-0.2, 0) is 16.0 Å². The Morgan fingerprint density at radius 3 is 2.87 bits per heavy atom. The maximum absolute atomic E-state index is 12.8. The zero-order valence-electron chi connectivity index (χ0n) is 17.2. The Hall–Kier alpha value is -3.25. The van der Waals surface area contributed by atoms with Gasteiger partial charge in [-0.15, -0.1) is 0 Å². The summed E-state index contributed by atoms with van der Waals surface area (Å²) in [6, 6.07) is 13.8. The van der Waals surface area contributed by atoms with Crippen molar-refractivity contribution in [2.75, 3.05) is 11.9 Å². The molecule has 6 heteroatoms. The van der Waals surface area contributed by atoms with Crippen LogP contribution in [0.25, 0.3) is 21.9 Å². The lowest BCUT2D eigenvalue weighted by molar-refractivity contribution is -0.115. The molecule has 152 valence electrons. The molecule has 0 bridgehead atoms. The number of aryl methyl sites for hydroxylation is 2. The van der Waals surface area contributed by atoms with Crippen molar-refractivity contribution in [1.82, 2.24) is 15.0 Å². The normalized spacial score (nSPS) is 16.4. The number of H-pyrrole nitrogens is 1. The first kappa shape index (κ1) is 18.8. The van der Waals surface area contributed by atoms with Gasteiger partial charge < -0.3 is 15.0 Å².